The summed E-state index contributed by atoms with van der Waals surface area (Å²) in [5, 5.41) is 18.6. The Hall–Kier alpha value is -1.10. The summed E-state index contributed by atoms with van der Waals surface area (Å²) in [7, 11) is 0. The number of hydrogen-bond donors (Lipinski definition) is 2. The molecule has 0 saturated heterocycles. The van der Waals surface area contributed by atoms with E-state index in [9.17, 15) is 14.7 Å². The molecule has 0 spiro atoms. The van der Waals surface area contributed by atoms with Gasteiger partial charge in [0.25, 0.3) is 6.47 Å². The number of rotatable bonds is 14. The lowest BCUT2D eigenvalue weighted by molar-refractivity contribution is -0.144. The van der Waals surface area contributed by atoms with Gasteiger partial charge in [-0.1, -0.05) is 19.3 Å². The molecular weight excluding hydrogens is 296 g/mol. The summed E-state index contributed by atoms with van der Waals surface area (Å²) >= 11 is 0. The first-order valence-corrected chi connectivity index (χ1v) is 8.81. The van der Waals surface area contributed by atoms with E-state index < -0.39 is 17.0 Å². The molecular formula is C18H32O5. The molecule has 0 aromatic carbocycles. The number of carbonyl (C=O) groups is 2. The van der Waals surface area contributed by atoms with Gasteiger partial charge >= 0.3 is 5.97 Å². The minimum atomic E-state index is -0.642. The highest BCUT2D eigenvalue weighted by Crippen LogP contribution is 2.50. The first-order chi connectivity index (χ1) is 10.9. The first kappa shape index (κ1) is 19.9. The molecule has 5 heteroatoms. The van der Waals surface area contributed by atoms with Crippen molar-refractivity contribution in [3.63, 3.8) is 0 Å². The normalized spacial score (nSPS) is 17.5. The molecule has 1 rings (SSSR count). The summed E-state index contributed by atoms with van der Waals surface area (Å²) < 4.78 is 5.02. The SMILES string of the molecule is CC(C)(CCCCC(CO)CCCCC1(C(=O)O)CC1)OC=O. The van der Waals surface area contributed by atoms with Crippen molar-refractivity contribution in [1.82, 2.24) is 0 Å². The maximum atomic E-state index is 11.1. The van der Waals surface area contributed by atoms with Crippen LogP contribution < -0.4 is 0 Å². The van der Waals surface area contributed by atoms with Gasteiger partial charge in [0.1, 0.15) is 5.60 Å². The van der Waals surface area contributed by atoms with Crippen LogP contribution in [0.2, 0.25) is 0 Å². The molecule has 1 unspecified atom stereocenters. The van der Waals surface area contributed by atoms with Gasteiger partial charge in [-0.05, 0) is 64.7 Å². The number of hydrogen-bond acceptors (Lipinski definition) is 4. The maximum absolute atomic E-state index is 11.1. The van der Waals surface area contributed by atoms with Crippen LogP contribution in [-0.2, 0) is 14.3 Å². The molecule has 1 aliphatic carbocycles. The second kappa shape index (κ2) is 9.26. The van der Waals surface area contributed by atoms with Crippen molar-refractivity contribution in [1.29, 1.82) is 0 Å². The standard InChI is InChI=1S/C18H32O5/c1-17(2,23-14-20)9-5-3-7-15(13-19)8-4-6-10-18(11-12-18)16(21)22/h14-15,19H,3-13H2,1-2H3,(H,21,22). The number of aliphatic carboxylic acids is 1. The lowest BCUT2D eigenvalue weighted by Gasteiger charge is -2.22. The third-order valence-electron chi connectivity index (χ3n) is 5.09. The van der Waals surface area contributed by atoms with Gasteiger partial charge in [0.2, 0.25) is 0 Å². The van der Waals surface area contributed by atoms with Gasteiger partial charge in [0, 0.05) is 6.61 Å². The van der Waals surface area contributed by atoms with Crippen LogP contribution in [0.4, 0.5) is 0 Å². The molecule has 23 heavy (non-hydrogen) atoms. The molecule has 2 N–H and O–H groups in total. The van der Waals surface area contributed by atoms with Crippen molar-refractivity contribution in [3.8, 4) is 0 Å². The van der Waals surface area contributed by atoms with Gasteiger partial charge in [-0.15, -0.1) is 0 Å². The molecule has 0 aromatic rings. The lowest BCUT2D eigenvalue weighted by atomic mass is 9.92. The number of aliphatic hydroxyl groups is 1. The van der Waals surface area contributed by atoms with Crippen LogP contribution >= 0.6 is 0 Å². The van der Waals surface area contributed by atoms with E-state index >= 15 is 0 Å². The van der Waals surface area contributed by atoms with Gasteiger partial charge in [0.05, 0.1) is 5.41 Å². The smallest absolute Gasteiger partial charge is 0.309 e. The third kappa shape index (κ3) is 7.34. The average molecular weight is 328 g/mol. The fourth-order valence-corrected chi connectivity index (χ4v) is 3.12. The highest BCUT2D eigenvalue weighted by Gasteiger charge is 2.49. The van der Waals surface area contributed by atoms with E-state index in [-0.39, 0.29) is 6.61 Å². The summed E-state index contributed by atoms with van der Waals surface area (Å²) in [6.45, 7) is 4.50. The number of ether oxygens (including phenoxy) is 1. The predicted molar refractivity (Wildman–Crippen MR) is 88.0 cm³/mol. The highest BCUT2D eigenvalue weighted by molar-refractivity contribution is 5.77. The van der Waals surface area contributed by atoms with Crippen molar-refractivity contribution < 1.29 is 24.5 Å². The molecule has 0 radical (unpaired) electrons. The van der Waals surface area contributed by atoms with Gasteiger partial charge in [-0.25, -0.2) is 0 Å². The summed E-state index contributed by atoms with van der Waals surface area (Å²) in [5.41, 5.74) is -0.829. The molecule has 1 saturated carbocycles. The summed E-state index contributed by atoms with van der Waals surface area (Å²) in [6.07, 6.45) is 9.08. The Labute approximate surface area is 139 Å². The van der Waals surface area contributed by atoms with E-state index in [0.717, 1.165) is 64.2 Å². The molecule has 1 fully saturated rings. The highest BCUT2D eigenvalue weighted by atomic mass is 16.5. The summed E-state index contributed by atoms with van der Waals surface area (Å²) in [6, 6.07) is 0. The quantitative estimate of drug-likeness (QED) is 0.376. The number of aliphatic hydroxyl groups excluding tert-OH is 1. The molecule has 0 bridgehead atoms. The second-order valence-corrected chi connectivity index (χ2v) is 7.60. The Balaban J connectivity index is 2.10. The molecule has 0 amide bonds. The molecule has 5 nitrogen and oxygen atoms in total. The third-order valence-corrected chi connectivity index (χ3v) is 5.09. The van der Waals surface area contributed by atoms with Crippen LogP contribution in [0.3, 0.4) is 0 Å². The minimum Gasteiger partial charge on any atom is -0.481 e. The molecule has 0 heterocycles. The first-order valence-electron chi connectivity index (χ1n) is 8.81. The predicted octanol–water partition coefficient (Wildman–Crippen LogP) is 3.53. The Bertz CT molecular complexity index is 374. The van der Waals surface area contributed by atoms with Crippen LogP contribution in [0.15, 0.2) is 0 Å². The van der Waals surface area contributed by atoms with Crippen LogP contribution in [0, 0.1) is 11.3 Å². The van der Waals surface area contributed by atoms with Gasteiger partial charge < -0.3 is 14.9 Å². The zero-order chi connectivity index (χ0) is 17.3. The summed E-state index contributed by atoms with van der Waals surface area (Å²) in [4.78, 5) is 21.5. The van der Waals surface area contributed by atoms with Gasteiger partial charge in [-0.3, -0.25) is 9.59 Å². The van der Waals surface area contributed by atoms with Crippen LogP contribution in [0.5, 0.6) is 0 Å². The molecule has 134 valence electrons. The fraction of sp³-hybridized carbons (Fsp3) is 0.889. The van der Waals surface area contributed by atoms with Crippen LogP contribution in [0.1, 0.15) is 78.1 Å². The van der Waals surface area contributed by atoms with E-state index in [4.69, 9.17) is 9.84 Å². The fourth-order valence-electron chi connectivity index (χ4n) is 3.12. The Morgan fingerprint density at radius 1 is 1.22 bits per heavy atom. The number of carboxylic acid groups (broad SMARTS) is 1. The molecule has 1 aliphatic rings. The molecule has 0 aliphatic heterocycles. The van der Waals surface area contributed by atoms with Gasteiger partial charge in [0.15, 0.2) is 0 Å². The summed E-state index contributed by atoms with van der Waals surface area (Å²) in [5.74, 6) is -0.346. The number of carbonyl (C=O) groups excluding carboxylic acids is 1. The number of unbranched alkanes of at least 4 members (excludes halogenated alkanes) is 2. The maximum Gasteiger partial charge on any atom is 0.309 e. The van der Waals surface area contributed by atoms with E-state index in [1.165, 1.54) is 0 Å². The second-order valence-electron chi connectivity index (χ2n) is 7.60. The van der Waals surface area contributed by atoms with Crippen molar-refractivity contribution in [2.45, 2.75) is 83.7 Å². The monoisotopic (exact) mass is 328 g/mol. The van der Waals surface area contributed by atoms with Gasteiger partial charge in [-0.2, -0.15) is 0 Å². The van der Waals surface area contributed by atoms with Crippen molar-refractivity contribution in [2.75, 3.05) is 6.61 Å². The van der Waals surface area contributed by atoms with Crippen molar-refractivity contribution in [3.05, 3.63) is 0 Å². The van der Waals surface area contributed by atoms with Crippen LogP contribution in [0.25, 0.3) is 0 Å². The zero-order valence-electron chi connectivity index (χ0n) is 14.6. The van der Waals surface area contributed by atoms with Crippen LogP contribution in [-0.4, -0.2) is 34.9 Å². The number of carboxylic acids is 1. The van der Waals surface area contributed by atoms with E-state index in [1.54, 1.807) is 0 Å². The topological polar surface area (TPSA) is 83.8 Å². The zero-order valence-corrected chi connectivity index (χ0v) is 14.6. The van der Waals surface area contributed by atoms with Crippen molar-refractivity contribution in [2.24, 2.45) is 11.3 Å². The Kier molecular flexibility index (Phi) is 8.03. The molecule has 0 aromatic heterocycles. The average Bonchev–Trinajstić information content (AvgIpc) is 3.26. The Morgan fingerprint density at radius 3 is 2.30 bits per heavy atom. The largest absolute Gasteiger partial charge is 0.481 e. The van der Waals surface area contributed by atoms with Crippen molar-refractivity contribution >= 4 is 12.4 Å². The van der Waals surface area contributed by atoms with E-state index in [1.807, 2.05) is 13.8 Å². The van der Waals surface area contributed by atoms with E-state index in [2.05, 4.69) is 0 Å². The molecule has 1 atom stereocenters. The minimum absolute atomic E-state index is 0.193. The van der Waals surface area contributed by atoms with E-state index in [0.29, 0.717) is 12.4 Å². The Morgan fingerprint density at radius 2 is 1.83 bits per heavy atom. The lowest BCUT2D eigenvalue weighted by Crippen LogP contribution is -2.23.